The van der Waals surface area contributed by atoms with Gasteiger partial charge in [-0.1, -0.05) is 24.3 Å². The van der Waals surface area contributed by atoms with E-state index in [-0.39, 0.29) is 0 Å². The van der Waals surface area contributed by atoms with E-state index in [1.807, 2.05) is 0 Å². The summed E-state index contributed by atoms with van der Waals surface area (Å²) in [4.78, 5) is 6.43. The summed E-state index contributed by atoms with van der Waals surface area (Å²) in [5, 5.41) is 0. The van der Waals surface area contributed by atoms with Crippen molar-refractivity contribution in [1.82, 2.24) is 0 Å². The van der Waals surface area contributed by atoms with Crippen LogP contribution in [0.15, 0.2) is 60.7 Å². The minimum atomic E-state index is 1.21. The normalized spacial score (nSPS) is 10.7. The van der Waals surface area contributed by atoms with E-state index in [9.17, 15) is 0 Å². The molecule has 0 saturated carbocycles. The van der Waals surface area contributed by atoms with Gasteiger partial charge in [-0.05, 0) is 71.1 Å². The molecule has 0 amide bonds. The molecule has 0 saturated heterocycles. The van der Waals surface area contributed by atoms with E-state index in [1.54, 1.807) is 0 Å². The fourth-order valence-electron chi connectivity index (χ4n) is 3.44. The molecule has 0 heterocycles. The van der Waals surface area contributed by atoms with E-state index >= 15 is 0 Å². The highest BCUT2D eigenvalue weighted by molar-refractivity contribution is 5.83. The molecule has 0 spiro atoms. The molecule has 28 heavy (non-hydrogen) atoms. The number of nitrogens with zero attached hydrogens (tertiary/aromatic N) is 3. The van der Waals surface area contributed by atoms with Gasteiger partial charge in [-0.15, -0.1) is 0 Å². The third kappa shape index (κ3) is 3.99. The first-order valence-corrected chi connectivity index (χ1v) is 9.65. The molecule has 0 aliphatic heterocycles. The molecule has 3 aromatic rings. The van der Waals surface area contributed by atoms with Crippen LogP contribution < -0.4 is 14.7 Å². The van der Waals surface area contributed by atoms with Gasteiger partial charge in [-0.2, -0.15) is 0 Å². The van der Waals surface area contributed by atoms with Gasteiger partial charge in [-0.25, -0.2) is 0 Å². The second-order valence-electron chi connectivity index (χ2n) is 7.94. The molecule has 0 N–H and O–H groups in total. The fourth-order valence-corrected chi connectivity index (χ4v) is 3.44. The number of hydrogen-bond acceptors (Lipinski definition) is 3. The standard InChI is InChI=1S/C25H31N3/c1-18-24(19-8-12-21(13-9-19)26(2)3)16-23(28(6)7)17-25(18)20-10-14-22(15-11-20)27(4)5/h8-17H,1-7H3. The van der Waals surface area contributed by atoms with Gasteiger partial charge in [0.2, 0.25) is 0 Å². The van der Waals surface area contributed by atoms with Crippen LogP contribution in [0.2, 0.25) is 0 Å². The van der Waals surface area contributed by atoms with Crippen molar-refractivity contribution in [3.63, 3.8) is 0 Å². The summed E-state index contributed by atoms with van der Waals surface area (Å²) in [6, 6.07) is 22.2. The van der Waals surface area contributed by atoms with Crippen LogP contribution in [-0.4, -0.2) is 42.3 Å². The third-order valence-corrected chi connectivity index (χ3v) is 5.30. The minimum Gasteiger partial charge on any atom is -0.378 e. The number of benzene rings is 3. The van der Waals surface area contributed by atoms with Crippen LogP contribution in [0.1, 0.15) is 5.56 Å². The van der Waals surface area contributed by atoms with Gasteiger partial charge in [0.05, 0.1) is 0 Å². The average molecular weight is 374 g/mol. The molecule has 0 fully saturated rings. The van der Waals surface area contributed by atoms with E-state index in [2.05, 4.69) is 125 Å². The van der Waals surface area contributed by atoms with Gasteiger partial charge in [0, 0.05) is 59.3 Å². The lowest BCUT2D eigenvalue weighted by molar-refractivity contribution is 1.13. The maximum absolute atomic E-state index is 2.29. The number of anilines is 3. The Morgan fingerprint density at radius 3 is 1.07 bits per heavy atom. The highest BCUT2D eigenvalue weighted by Gasteiger charge is 2.12. The summed E-state index contributed by atoms with van der Waals surface area (Å²) in [7, 11) is 12.5. The topological polar surface area (TPSA) is 9.72 Å². The monoisotopic (exact) mass is 373 g/mol. The molecule has 0 unspecified atom stereocenters. The molecular formula is C25H31N3. The van der Waals surface area contributed by atoms with Gasteiger partial charge in [-0.3, -0.25) is 0 Å². The van der Waals surface area contributed by atoms with E-state index in [0.717, 1.165) is 0 Å². The molecule has 0 aliphatic rings. The highest BCUT2D eigenvalue weighted by Crippen LogP contribution is 2.37. The summed E-state index contributed by atoms with van der Waals surface area (Å²) in [5.74, 6) is 0. The van der Waals surface area contributed by atoms with Crippen molar-refractivity contribution in [2.24, 2.45) is 0 Å². The van der Waals surface area contributed by atoms with E-state index in [1.165, 1.54) is 44.9 Å². The van der Waals surface area contributed by atoms with Crippen molar-refractivity contribution in [2.45, 2.75) is 6.92 Å². The average Bonchev–Trinajstić information content (AvgIpc) is 2.68. The van der Waals surface area contributed by atoms with Gasteiger partial charge < -0.3 is 14.7 Å². The first kappa shape index (κ1) is 19.8. The molecule has 3 aromatic carbocycles. The van der Waals surface area contributed by atoms with Gasteiger partial charge in [0.25, 0.3) is 0 Å². The van der Waals surface area contributed by atoms with E-state index in [4.69, 9.17) is 0 Å². The third-order valence-electron chi connectivity index (χ3n) is 5.30. The van der Waals surface area contributed by atoms with Crippen LogP contribution in [0.4, 0.5) is 17.1 Å². The first-order chi connectivity index (χ1) is 13.3. The predicted molar refractivity (Wildman–Crippen MR) is 125 cm³/mol. The summed E-state index contributed by atoms with van der Waals surface area (Å²) in [5.41, 5.74) is 10.0. The lowest BCUT2D eigenvalue weighted by atomic mass is 9.91. The molecular weight excluding hydrogens is 342 g/mol. The van der Waals surface area contributed by atoms with Crippen LogP contribution in [0.25, 0.3) is 22.3 Å². The lowest BCUT2D eigenvalue weighted by Gasteiger charge is -2.21. The summed E-state index contributed by atoms with van der Waals surface area (Å²) < 4.78 is 0. The summed E-state index contributed by atoms with van der Waals surface area (Å²) in [6.07, 6.45) is 0. The quantitative estimate of drug-likeness (QED) is 0.582. The van der Waals surface area contributed by atoms with Gasteiger partial charge in [0.1, 0.15) is 0 Å². The predicted octanol–water partition coefficient (Wildman–Crippen LogP) is 5.53. The zero-order chi connectivity index (χ0) is 20.4. The largest absolute Gasteiger partial charge is 0.378 e. The smallest absolute Gasteiger partial charge is 0.0373 e. The first-order valence-electron chi connectivity index (χ1n) is 9.65. The Bertz CT molecular complexity index is 864. The Morgan fingerprint density at radius 2 is 0.786 bits per heavy atom. The number of hydrogen-bond donors (Lipinski definition) is 0. The summed E-state index contributed by atoms with van der Waals surface area (Å²) >= 11 is 0. The number of rotatable bonds is 5. The SMILES string of the molecule is Cc1c(-c2ccc(N(C)C)cc2)cc(N(C)C)cc1-c1ccc(N(C)C)cc1. The molecule has 0 radical (unpaired) electrons. The second kappa shape index (κ2) is 7.97. The van der Waals surface area contributed by atoms with Gasteiger partial charge >= 0.3 is 0 Å². The van der Waals surface area contributed by atoms with Crippen molar-refractivity contribution >= 4 is 17.1 Å². The Hall–Kier alpha value is -2.94. The molecule has 0 aliphatic carbocycles. The van der Waals surface area contributed by atoms with Crippen LogP contribution >= 0.6 is 0 Å². The van der Waals surface area contributed by atoms with E-state index < -0.39 is 0 Å². The van der Waals surface area contributed by atoms with Crippen molar-refractivity contribution in [2.75, 3.05) is 57.0 Å². The van der Waals surface area contributed by atoms with Crippen molar-refractivity contribution < 1.29 is 0 Å². The maximum atomic E-state index is 2.29. The van der Waals surface area contributed by atoms with E-state index in [0.29, 0.717) is 0 Å². The maximum Gasteiger partial charge on any atom is 0.0373 e. The molecule has 0 atom stereocenters. The Kier molecular flexibility index (Phi) is 5.64. The Morgan fingerprint density at radius 1 is 0.464 bits per heavy atom. The second-order valence-corrected chi connectivity index (χ2v) is 7.94. The Balaban J connectivity index is 2.13. The molecule has 0 bridgehead atoms. The fraction of sp³-hybridized carbons (Fsp3) is 0.280. The highest BCUT2D eigenvalue weighted by atomic mass is 15.1. The molecule has 3 nitrogen and oxygen atoms in total. The van der Waals surface area contributed by atoms with Gasteiger partial charge in [0.15, 0.2) is 0 Å². The minimum absolute atomic E-state index is 1.21. The van der Waals surface area contributed by atoms with Crippen molar-refractivity contribution in [1.29, 1.82) is 0 Å². The Labute approximate surface area is 169 Å². The van der Waals surface area contributed by atoms with Crippen LogP contribution in [0.3, 0.4) is 0 Å². The van der Waals surface area contributed by atoms with Crippen LogP contribution in [-0.2, 0) is 0 Å². The summed E-state index contributed by atoms with van der Waals surface area (Å²) in [6.45, 7) is 2.23. The zero-order valence-corrected chi connectivity index (χ0v) is 18.1. The van der Waals surface area contributed by atoms with Crippen LogP contribution in [0.5, 0.6) is 0 Å². The van der Waals surface area contributed by atoms with Crippen molar-refractivity contribution in [3.8, 4) is 22.3 Å². The molecule has 146 valence electrons. The lowest BCUT2D eigenvalue weighted by Crippen LogP contribution is -2.10. The van der Waals surface area contributed by atoms with Crippen molar-refractivity contribution in [3.05, 3.63) is 66.2 Å². The molecule has 3 heteroatoms. The molecule has 3 rings (SSSR count). The molecule has 0 aromatic heterocycles. The zero-order valence-electron chi connectivity index (χ0n) is 18.1. The van der Waals surface area contributed by atoms with Crippen LogP contribution in [0, 0.1) is 6.92 Å².